The van der Waals surface area contributed by atoms with Crippen LogP contribution in [0, 0.1) is 37.3 Å². The van der Waals surface area contributed by atoms with Crippen molar-refractivity contribution in [3.05, 3.63) is 59.7 Å². The van der Waals surface area contributed by atoms with E-state index in [9.17, 15) is 30.3 Å². The van der Waals surface area contributed by atoms with E-state index in [-0.39, 0.29) is 11.3 Å². The van der Waals surface area contributed by atoms with Crippen molar-refractivity contribution in [2.45, 2.75) is 12.7 Å². The van der Waals surface area contributed by atoms with E-state index in [2.05, 4.69) is 0 Å². The van der Waals surface area contributed by atoms with Crippen LogP contribution in [0.1, 0.15) is 11.1 Å². The molecule has 1 aromatic carbocycles. The van der Waals surface area contributed by atoms with Crippen LogP contribution in [0.25, 0.3) is 0 Å². The van der Waals surface area contributed by atoms with Crippen LogP contribution in [0.4, 0.5) is 0 Å². The molecule has 10 nitrogen and oxygen atoms in total. The summed E-state index contributed by atoms with van der Waals surface area (Å²) in [5, 5.41) is 32.7. The Hall–Kier alpha value is -2.78. The average Bonchev–Trinajstić information content (AvgIpc) is 2.30. The summed E-state index contributed by atoms with van der Waals surface area (Å²) >= 11 is 0. The smallest absolute Gasteiger partial charge is 0.497 e. The Morgan fingerprint density at radius 2 is 1.53 bits per heavy atom. The van der Waals surface area contributed by atoms with Crippen molar-refractivity contribution >= 4 is 0 Å². The number of hydrogen-bond acceptors (Lipinski definition) is 7. The number of benzene rings is 1. The normalized spacial score (nSPS) is 10.8. The zero-order chi connectivity index (χ0) is 14.8. The van der Waals surface area contributed by atoms with Crippen molar-refractivity contribution in [1.29, 1.82) is 0 Å². The molecular weight excluding hydrogens is 262 g/mol. The third-order valence-electron chi connectivity index (χ3n) is 2.56. The third-order valence-corrected chi connectivity index (χ3v) is 2.56. The van der Waals surface area contributed by atoms with Crippen LogP contribution in [-0.4, -0.2) is 21.9 Å². The fourth-order valence-corrected chi connectivity index (χ4v) is 1.63. The molecule has 19 heavy (non-hydrogen) atoms. The molecule has 0 aliphatic heterocycles. The van der Waals surface area contributed by atoms with Crippen LogP contribution in [0.2, 0.25) is 0 Å². The largest absolute Gasteiger partial charge is 0.728 e. The van der Waals surface area contributed by atoms with E-state index in [1.54, 1.807) is 0 Å². The molecular formula is C9H9N3O7. The summed E-state index contributed by atoms with van der Waals surface area (Å²) in [6.07, 6.45) is 0. The first-order valence-electron chi connectivity index (χ1n) is 4.87. The Kier molecular flexibility index (Phi) is 3.64. The van der Waals surface area contributed by atoms with Gasteiger partial charge in [-0.25, -0.2) is 0 Å². The summed E-state index contributed by atoms with van der Waals surface area (Å²) in [5.74, 6) is -3.33. The van der Waals surface area contributed by atoms with E-state index in [4.69, 9.17) is 4.74 Å². The number of nitro groups is 3. The minimum Gasteiger partial charge on any atom is -0.497 e. The summed E-state index contributed by atoms with van der Waals surface area (Å²) in [7, 11) is 1.33. The third kappa shape index (κ3) is 2.03. The molecule has 0 bridgehead atoms. The molecule has 0 atom stereocenters. The quantitative estimate of drug-likeness (QED) is 0.441. The van der Waals surface area contributed by atoms with Gasteiger partial charge in [-0.1, -0.05) is 0 Å². The highest BCUT2D eigenvalue weighted by Gasteiger charge is 2.73. The van der Waals surface area contributed by atoms with Crippen LogP contribution in [-0.2, 0) is 5.79 Å². The zero-order valence-corrected chi connectivity index (χ0v) is 9.93. The van der Waals surface area contributed by atoms with Gasteiger partial charge in [-0.15, -0.1) is 0 Å². The van der Waals surface area contributed by atoms with Crippen LogP contribution >= 0.6 is 0 Å². The SMILES string of the molecule is COc1ccc(C([N+](=O)[O-])([N+](=O)[O-])[N+](=O)[O-])c(C)c1. The van der Waals surface area contributed by atoms with Gasteiger partial charge in [0, 0.05) is 0 Å². The molecule has 0 amide bonds. The summed E-state index contributed by atoms with van der Waals surface area (Å²) in [6, 6.07) is 3.39. The highest BCUT2D eigenvalue weighted by Crippen LogP contribution is 2.31. The molecule has 0 saturated heterocycles. The molecule has 0 saturated carbocycles. The Labute approximate surface area is 106 Å². The van der Waals surface area contributed by atoms with Crippen LogP contribution in [0.3, 0.4) is 0 Å². The van der Waals surface area contributed by atoms with Crippen molar-refractivity contribution in [1.82, 2.24) is 0 Å². The van der Waals surface area contributed by atoms with Gasteiger partial charge in [0.15, 0.2) is 20.3 Å². The molecule has 0 spiro atoms. The fourth-order valence-electron chi connectivity index (χ4n) is 1.63. The Balaban J connectivity index is 3.63. The Morgan fingerprint density at radius 1 is 1.05 bits per heavy atom. The van der Waals surface area contributed by atoms with E-state index in [1.807, 2.05) is 0 Å². The molecule has 0 fully saturated rings. The van der Waals surface area contributed by atoms with Crippen molar-refractivity contribution in [2.75, 3.05) is 7.11 Å². The maximum absolute atomic E-state index is 10.9. The van der Waals surface area contributed by atoms with Gasteiger partial charge < -0.3 is 4.74 Å². The molecule has 0 radical (unpaired) electrons. The van der Waals surface area contributed by atoms with Gasteiger partial charge in [-0.3, -0.25) is 30.3 Å². The van der Waals surface area contributed by atoms with Gasteiger partial charge in [0.25, 0.3) is 0 Å². The van der Waals surface area contributed by atoms with E-state index >= 15 is 0 Å². The topological polar surface area (TPSA) is 139 Å². The number of rotatable bonds is 5. The van der Waals surface area contributed by atoms with Crippen LogP contribution < -0.4 is 4.74 Å². The second-order valence-electron chi connectivity index (χ2n) is 3.59. The molecule has 0 unspecified atom stereocenters. The lowest BCUT2D eigenvalue weighted by molar-refractivity contribution is -0.986. The predicted molar refractivity (Wildman–Crippen MR) is 60.4 cm³/mol. The zero-order valence-electron chi connectivity index (χ0n) is 9.93. The molecule has 0 aliphatic carbocycles. The van der Waals surface area contributed by atoms with Gasteiger partial charge in [0.2, 0.25) is 0 Å². The van der Waals surface area contributed by atoms with Gasteiger partial charge in [0.1, 0.15) is 5.75 Å². The minimum absolute atomic E-state index is 0.0180. The molecule has 0 aliphatic rings. The lowest BCUT2D eigenvalue weighted by Gasteiger charge is -2.11. The molecule has 0 aromatic heterocycles. The van der Waals surface area contributed by atoms with Gasteiger partial charge >= 0.3 is 5.79 Å². The van der Waals surface area contributed by atoms with Crippen molar-refractivity contribution in [3.63, 3.8) is 0 Å². The molecule has 1 aromatic rings. The molecule has 1 rings (SSSR count). The summed E-state index contributed by atoms with van der Waals surface area (Å²) in [5.41, 5.74) is -0.599. The van der Waals surface area contributed by atoms with Crippen LogP contribution in [0.5, 0.6) is 5.75 Å². The van der Waals surface area contributed by atoms with E-state index < -0.39 is 26.1 Å². The summed E-state index contributed by atoms with van der Waals surface area (Å²) in [4.78, 5) is 28.1. The Bertz CT molecular complexity index is 521. The predicted octanol–water partition coefficient (Wildman–Crippen LogP) is 0.944. The first-order chi connectivity index (χ1) is 8.78. The second kappa shape index (κ2) is 4.84. The van der Waals surface area contributed by atoms with Gasteiger partial charge in [-0.2, -0.15) is 0 Å². The lowest BCUT2D eigenvalue weighted by Crippen LogP contribution is -2.50. The lowest BCUT2D eigenvalue weighted by atomic mass is 10.0. The van der Waals surface area contributed by atoms with Crippen molar-refractivity contribution in [2.24, 2.45) is 0 Å². The first-order valence-corrected chi connectivity index (χ1v) is 4.87. The van der Waals surface area contributed by atoms with E-state index in [1.165, 1.54) is 26.2 Å². The second-order valence-corrected chi connectivity index (χ2v) is 3.59. The molecule has 0 heterocycles. The maximum Gasteiger partial charge on any atom is 0.728 e. The number of nitrogens with zero attached hydrogens (tertiary/aromatic N) is 3. The van der Waals surface area contributed by atoms with E-state index in [0.29, 0.717) is 0 Å². The molecule has 102 valence electrons. The van der Waals surface area contributed by atoms with Crippen molar-refractivity contribution < 1.29 is 19.5 Å². The van der Waals surface area contributed by atoms with Gasteiger partial charge in [0.05, 0.1) is 7.11 Å². The Morgan fingerprint density at radius 3 is 1.84 bits per heavy atom. The molecule has 10 heteroatoms. The number of hydrogen-bond donors (Lipinski definition) is 0. The fraction of sp³-hybridized carbons (Fsp3) is 0.333. The van der Waals surface area contributed by atoms with Crippen LogP contribution in [0.15, 0.2) is 18.2 Å². The minimum atomic E-state index is -3.61. The highest BCUT2D eigenvalue weighted by molar-refractivity contribution is 5.36. The van der Waals surface area contributed by atoms with E-state index in [0.717, 1.165) is 6.07 Å². The highest BCUT2D eigenvalue weighted by atomic mass is 16.7. The van der Waals surface area contributed by atoms with Crippen molar-refractivity contribution in [3.8, 4) is 5.75 Å². The summed E-state index contributed by atoms with van der Waals surface area (Å²) < 4.78 is 4.83. The number of methoxy groups -OCH3 is 1. The standard InChI is InChI=1S/C9H9N3O7/c1-6-5-7(19-2)3-4-8(6)9(10(13)14,11(15)16)12(17)18/h3-5H,1-2H3. The number of aryl methyl sites for hydroxylation is 1. The summed E-state index contributed by atoms with van der Waals surface area (Å²) in [6.45, 7) is 1.29. The first kappa shape index (κ1) is 14.3. The monoisotopic (exact) mass is 271 g/mol. The average molecular weight is 271 g/mol. The van der Waals surface area contributed by atoms with Gasteiger partial charge in [-0.05, 0) is 30.7 Å². The number of ether oxygens (including phenoxy) is 1. The molecule has 0 N–H and O–H groups in total. The maximum atomic E-state index is 10.9.